The first kappa shape index (κ1) is 18.5. The van der Waals surface area contributed by atoms with Gasteiger partial charge in [-0.3, -0.25) is 9.59 Å². The molecular weight excluding hydrogens is 311 g/mol. The van der Waals surface area contributed by atoms with E-state index in [1.807, 2.05) is 6.07 Å². The van der Waals surface area contributed by atoms with Crippen molar-refractivity contribution < 1.29 is 22.8 Å². The Balaban J connectivity index is 2.68. The number of halogens is 3. The van der Waals surface area contributed by atoms with Gasteiger partial charge in [-0.05, 0) is 43.5 Å². The number of nitriles is 1. The molecule has 0 aliphatic carbocycles. The first-order valence-corrected chi connectivity index (χ1v) is 6.90. The van der Waals surface area contributed by atoms with Crippen LogP contribution in [0.5, 0.6) is 0 Å². The van der Waals surface area contributed by atoms with E-state index < -0.39 is 29.6 Å². The van der Waals surface area contributed by atoms with E-state index in [0.29, 0.717) is 19.3 Å². The second-order valence-corrected chi connectivity index (χ2v) is 4.91. The van der Waals surface area contributed by atoms with Gasteiger partial charge in [0.2, 0.25) is 5.91 Å². The number of hydrogen-bond acceptors (Lipinski definition) is 3. The zero-order valence-electron chi connectivity index (χ0n) is 12.2. The zero-order chi connectivity index (χ0) is 17.5. The number of alkyl halides is 3. The molecule has 0 fully saturated rings. The van der Waals surface area contributed by atoms with Crippen molar-refractivity contribution in [1.29, 1.82) is 5.26 Å². The maximum Gasteiger partial charge on any atom is 0.416 e. The quantitative estimate of drug-likeness (QED) is 0.753. The molecule has 0 bridgehead atoms. The van der Waals surface area contributed by atoms with Crippen LogP contribution in [0.25, 0.3) is 0 Å². The van der Waals surface area contributed by atoms with Crippen molar-refractivity contribution in [2.24, 2.45) is 5.73 Å². The molecule has 3 N–H and O–H groups in total. The van der Waals surface area contributed by atoms with Crippen LogP contribution >= 0.6 is 0 Å². The second kappa shape index (κ2) is 8.17. The van der Waals surface area contributed by atoms with Gasteiger partial charge in [-0.25, -0.2) is 0 Å². The molecule has 0 saturated heterocycles. The number of nitrogens with zero attached hydrogens (tertiary/aromatic N) is 1. The van der Waals surface area contributed by atoms with Crippen molar-refractivity contribution in [3.63, 3.8) is 0 Å². The van der Waals surface area contributed by atoms with E-state index in [2.05, 4.69) is 5.32 Å². The Hall–Kier alpha value is -2.56. The van der Waals surface area contributed by atoms with Gasteiger partial charge in [0.15, 0.2) is 0 Å². The maximum atomic E-state index is 12.5. The van der Waals surface area contributed by atoms with E-state index in [4.69, 9.17) is 11.0 Å². The average molecular weight is 327 g/mol. The van der Waals surface area contributed by atoms with E-state index in [1.54, 1.807) is 0 Å². The molecule has 8 heteroatoms. The largest absolute Gasteiger partial charge is 0.416 e. The molecule has 0 heterocycles. The Morgan fingerprint density at radius 3 is 2.30 bits per heavy atom. The van der Waals surface area contributed by atoms with Crippen molar-refractivity contribution in [1.82, 2.24) is 5.32 Å². The lowest BCUT2D eigenvalue weighted by atomic mass is 10.1. The van der Waals surface area contributed by atoms with Gasteiger partial charge < -0.3 is 11.1 Å². The average Bonchev–Trinajstić information content (AvgIpc) is 2.49. The molecule has 0 radical (unpaired) electrons. The molecule has 1 rings (SSSR count). The lowest BCUT2D eigenvalue weighted by Gasteiger charge is -2.15. The van der Waals surface area contributed by atoms with E-state index in [1.165, 1.54) is 0 Å². The number of nitrogens with two attached hydrogens (primary N) is 1. The monoisotopic (exact) mass is 327 g/mol. The third-order valence-corrected chi connectivity index (χ3v) is 3.15. The summed E-state index contributed by atoms with van der Waals surface area (Å²) in [5.41, 5.74) is 4.33. The Bertz CT molecular complexity index is 591. The molecule has 0 saturated carbocycles. The number of carbonyl (C=O) groups excluding carboxylic acids is 2. The summed E-state index contributed by atoms with van der Waals surface area (Å²) in [6.07, 6.45) is -2.79. The highest BCUT2D eigenvalue weighted by molar-refractivity contribution is 5.97. The summed E-state index contributed by atoms with van der Waals surface area (Å²) in [6.45, 7) is 0. The number of rotatable bonds is 7. The standard InChI is InChI=1S/C15H16F3N3O2/c16-15(17,18)11-7-5-10(6-8-11)14(23)21-12(13(20)22)4-2-1-3-9-19/h5-8,12H,1-4H2,(H2,20,22)(H,21,23)/t12-/m1/s1. The summed E-state index contributed by atoms with van der Waals surface area (Å²) >= 11 is 0. The fourth-order valence-electron chi connectivity index (χ4n) is 1.89. The highest BCUT2D eigenvalue weighted by Gasteiger charge is 2.30. The molecule has 0 spiro atoms. The normalized spacial score (nSPS) is 12.3. The molecule has 5 nitrogen and oxygen atoms in total. The molecule has 0 aromatic heterocycles. The molecule has 0 aliphatic heterocycles. The third-order valence-electron chi connectivity index (χ3n) is 3.15. The van der Waals surface area contributed by atoms with Crippen LogP contribution in [-0.2, 0) is 11.0 Å². The second-order valence-electron chi connectivity index (χ2n) is 4.91. The van der Waals surface area contributed by atoms with Crippen LogP contribution in [0.4, 0.5) is 13.2 Å². The fourth-order valence-corrected chi connectivity index (χ4v) is 1.89. The molecule has 23 heavy (non-hydrogen) atoms. The first-order chi connectivity index (χ1) is 10.8. The number of primary amides is 1. The van der Waals surface area contributed by atoms with E-state index >= 15 is 0 Å². The van der Waals surface area contributed by atoms with Crippen molar-refractivity contribution in [3.8, 4) is 6.07 Å². The van der Waals surface area contributed by atoms with Gasteiger partial charge in [-0.1, -0.05) is 0 Å². The van der Waals surface area contributed by atoms with Crippen molar-refractivity contribution >= 4 is 11.8 Å². The molecule has 2 amide bonds. The number of benzene rings is 1. The molecule has 124 valence electrons. The third kappa shape index (κ3) is 5.98. The summed E-state index contributed by atoms with van der Waals surface area (Å²) in [5.74, 6) is -1.41. The van der Waals surface area contributed by atoms with Gasteiger partial charge in [0.25, 0.3) is 5.91 Å². The van der Waals surface area contributed by atoms with Gasteiger partial charge in [0.05, 0.1) is 11.6 Å². The Morgan fingerprint density at radius 2 is 1.83 bits per heavy atom. The lowest BCUT2D eigenvalue weighted by molar-refractivity contribution is -0.137. The van der Waals surface area contributed by atoms with Crippen LogP contribution in [0.15, 0.2) is 24.3 Å². The van der Waals surface area contributed by atoms with Crippen molar-refractivity contribution in [2.45, 2.75) is 37.9 Å². The van der Waals surface area contributed by atoms with Crippen LogP contribution in [-0.4, -0.2) is 17.9 Å². The van der Waals surface area contributed by atoms with Gasteiger partial charge in [-0.15, -0.1) is 0 Å². The van der Waals surface area contributed by atoms with Crippen molar-refractivity contribution in [2.75, 3.05) is 0 Å². The van der Waals surface area contributed by atoms with Crippen LogP contribution in [0.2, 0.25) is 0 Å². The first-order valence-electron chi connectivity index (χ1n) is 6.90. The van der Waals surface area contributed by atoms with Gasteiger partial charge in [0, 0.05) is 12.0 Å². The highest BCUT2D eigenvalue weighted by atomic mass is 19.4. The van der Waals surface area contributed by atoms with Crippen LogP contribution < -0.4 is 11.1 Å². The molecule has 1 atom stereocenters. The minimum absolute atomic E-state index is 0.00118. The zero-order valence-corrected chi connectivity index (χ0v) is 12.2. The van der Waals surface area contributed by atoms with E-state index in [9.17, 15) is 22.8 Å². The molecule has 0 unspecified atom stereocenters. The van der Waals surface area contributed by atoms with E-state index in [-0.39, 0.29) is 12.0 Å². The summed E-state index contributed by atoms with van der Waals surface area (Å²) < 4.78 is 37.4. The molecular formula is C15H16F3N3O2. The number of carbonyl (C=O) groups is 2. The van der Waals surface area contributed by atoms with Gasteiger partial charge >= 0.3 is 6.18 Å². The SMILES string of the molecule is N#CCCCC[C@@H](NC(=O)c1ccc(C(F)(F)F)cc1)C(N)=O. The summed E-state index contributed by atoms with van der Waals surface area (Å²) in [4.78, 5) is 23.3. The lowest BCUT2D eigenvalue weighted by Crippen LogP contribution is -2.44. The Morgan fingerprint density at radius 1 is 1.22 bits per heavy atom. The minimum atomic E-state index is -4.48. The number of hydrogen-bond donors (Lipinski definition) is 2. The van der Waals surface area contributed by atoms with Gasteiger partial charge in [-0.2, -0.15) is 18.4 Å². The predicted molar refractivity (Wildman–Crippen MR) is 76.0 cm³/mol. The van der Waals surface area contributed by atoms with E-state index in [0.717, 1.165) is 24.3 Å². The van der Waals surface area contributed by atoms with Crippen molar-refractivity contribution in [3.05, 3.63) is 35.4 Å². The molecule has 1 aromatic rings. The minimum Gasteiger partial charge on any atom is -0.368 e. The summed E-state index contributed by atoms with van der Waals surface area (Å²) in [5, 5.41) is 10.8. The molecule has 1 aromatic carbocycles. The topological polar surface area (TPSA) is 96.0 Å². The van der Waals surface area contributed by atoms with Crippen LogP contribution in [0.1, 0.15) is 41.6 Å². The summed E-state index contributed by atoms with van der Waals surface area (Å²) in [6, 6.07) is 4.68. The Kier molecular flexibility index (Phi) is 6.57. The maximum absolute atomic E-state index is 12.5. The predicted octanol–water partition coefficient (Wildman–Crippen LogP) is 2.37. The highest BCUT2D eigenvalue weighted by Crippen LogP contribution is 2.29. The number of unbranched alkanes of at least 4 members (excludes halogenated alkanes) is 2. The number of amides is 2. The molecule has 0 aliphatic rings. The summed E-state index contributed by atoms with van der Waals surface area (Å²) in [7, 11) is 0. The smallest absolute Gasteiger partial charge is 0.368 e. The fraction of sp³-hybridized carbons (Fsp3) is 0.400. The van der Waals surface area contributed by atoms with Crippen LogP contribution in [0.3, 0.4) is 0 Å². The Labute approximate surface area is 131 Å². The number of nitrogens with one attached hydrogen (secondary N) is 1. The van der Waals surface area contributed by atoms with Gasteiger partial charge in [0.1, 0.15) is 6.04 Å². The van der Waals surface area contributed by atoms with Crippen LogP contribution in [0, 0.1) is 11.3 Å².